The SMILES string of the molecule is CCOc1ccc(S(=O)(=O)N(CC(=O)N2CCCCC2)Cc2ccco2)cc1. The van der Waals surface area contributed by atoms with E-state index in [1.165, 1.54) is 22.7 Å². The molecule has 0 radical (unpaired) electrons. The number of piperidine rings is 1. The number of hydrogen-bond acceptors (Lipinski definition) is 5. The first-order valence-electron chi connectivity index (χ1n) is 9.54. The zero-order valence-corrected chi connectivity index (χ0v) is 16.9. The molecule has 0 atom stereocenters. The highest BCUT2D eigenvalue weighted by Crippen LogP contribution is 2.22. The average Bonchev–Trinajstić information content (AvgIpc) is 3.22. The van der Waals surface area contributed by atoms with Crippen LogP contribution in [0.4, 0.5) is 0 Å². The van der Waals surface area contributed by atoms with Crippen molar-refractivity contribution in [1.29, 1.82) is 0 Å². The fraction of sp³-hybridized carbons (Fsp3) is 0.450. The van der Waals surface area contributed by atoms with Gasteiger partial charge in [0.15, 0.2) is 0 Å². The van der Waals surface area contributed by atoms with E-state index in [1.807, 2.05) is 6.92 Å². The van der Waals surface area contributed by atoms with Gasteiger partial charge in [-0.15, -0.1) is 0 Å². The van der Waals surface area contributed by atoms with E-state index in [-0.39, 0.29) is 23.9 Å². The van der Waals surface area contributed by atoms with Gasteiger partial charge in [0.2, 0.25) is 15.9 Å². The lowest BCUT2D eigenvalue weighted by molar-refractivity contribution is -0.132. The summed E-state index contributed by atoms with van der Waals surface area (Å²) in [4.78, 5) is 14.6. The first kappa shape index (κ1) is 20.4. The molecule has 1 aliphatic heterocycles. The Morgan fingerprint density at radius 3 is 2.46 bits per heavy atom. The van der Waals surface area contributed by atoms with Gasteiger partial charge >= 0.3 is 0 Å². The molecule has 1 aromatic heterocycles. The van der Waals surface area contributed by atoms with E-state index >= 15 is 0 Å². The standard InChI is InChI=1S/C20H26N2O5S/c1-2-26-17-8-10-19(11-9-17)28(24,25)22(15-18-7-6-14-27-18)16-20(23)21-12-4-3-5-13-21/h6-11,14H,2-5,12-13,15-16H2,1H3. The van der Waals surface area contributed by atoms with Crippen molar-refractivity contribution in [3.8, 4) is 5.75 Å². The van der Waals surface area contributed by atoms with Crippen LogP contribution < -0.4 is 4.74 Å². The van der Waals surface area contributed by atoms with Gasteiger partial charge < -0.3 is 14.1 Å². The Morgan fingerprint density at radius 2 is 1.86 bits per heavy atom. The zero-order chi connectivity index (χ0) is 20.0. The molecular formula is C20H26N2O5S. The minimum Gasteiger partial charge on any atom is -0.494 e. The number of likely N-dealkylation sites (tertiary alicyclic amines) is 1. The quantitative estimate of drug-likeness (QED) is 0.673. The van der Waals surface area contributed by atoms with Crippen LogP contribution >= 0.6 is 0 Å². The van der Waals surface area contributed by atoms with Crippen LogP contribution in [0, 0.1) is 0 Å². The van der Waals surface area contributed by atoms with E-state index in [9.17, 15) is 13.2 Å². The molecule has 0 aliphatic carbocycles. The fourth-order valence-corrected chi connectivity index (χ4v) is 4.58. The van der Waals surface area contributed by atoms with Gasteiger partial charge in [0, 0.05) is 13.1 Å². The first-order valence-corrected chi connectivity index (χ1v) is 11.0. The number of amides is 1. The number of nitrogens with zero attached hydrogens (tertiary/aromatic N) is 2. The molecule has 152 valence electrons. The number of benzene rings is 1. The van der Waals surface area contributed by atoms with Crippen molar-refractivity contribution >= 4 is 15.9 Å². The first-order chi connectivity index (χ1) is 13.5. The second kappa shape index (κ2) is 9.25. The summed E-state index contributed by atoms with van der Waals surface area (Å²) in [6.45, 7) is 3.51. The van der Waals surface area contributed by atoms with Crippen LogP contribution in [0.15, 0.2) is 52.0 Å². The van der Waals surface area contributed by atoms with E-state index in [1.54, 1.807) is 29.2 Å². The molecular weight excluding hydrogens is 380 g/mol. The molecule has 0 spiro atoms. The Bertz CT molecular complexity index is 857. The van der Waals surface area contributed by atoms with Gasteiger partial charge in [-0.05, 0) is 62.6 Å². The summed E-state index contributed by atoms with van der Waals surface area (Å²) in [5, 5.41) is 0. The minimum atomic E-state index is -3.87. The van der Waals surface area contributed by atoms with Crippen molar-refractivity contribution in [3.05, 3.63) is 48.4 Å². The Balaban J connectivity index is 1.82. The van der Waals surface area contributed by atoms with Crippen molar-refractivity contribution in [2.75, 3.05) is 26.2 Å². The number of ether oxygens (including phenoxy) is 1. The maximum atomic E-state index is 13.2. The monoisotopic (exact) mass is 406 g/mol. The third kappa shape index (κ3) is 4.94. The molecule has 0 N–H and O–H groups in total. The molecule has 2 aromatic rings. The summed E-state index contributed by atoms with van der Waals surface area (Å²) >= 11 is 0. The van der Waals surface area contributed by atoms with E-state index in [4.69, 9.17) is 9.15 Å². The highest BCUT2D eigenvalue weighted by atomic mass is 32.2. The topological polar surface area (TPSA) is 80.1 Å². The summed E-state index contributed by atoms with van der Waals surface area (Å²) in [6.07, 6.45) is 4.50. The number of hydrogen-bond donors (Lipinski definition) is 0. The molecule has 0 bridgehead atoms. The van der Waals surface area contributed by atoms with E-state index < -0.39 is 10.0 Å². The molecule has 1 amide bonds. The van der Waals surface area contributed by atoms with E-state index in [2.05, 4.69) is 0 Å². The molecule has 1 fully saturated rings. The largest absolute Gasteiger partial charge is 0.494 e. The fourth-order valence-electron chi connectivity index (χ4n) is 3.22. The lowest BCUT2D eigenvalue weighted by atomic mass is 10.1. The van der Waals surface area contributed by atoms with Crippen LogP contribution in [-0.4, -0.2) is 49.8 Å². The molecule has 2 heterocycles. The molecule has 0 saturated carbocycles. The summed E-state index contributed by atoms with van der Waals surface area (Å²) in [7, 11) is -3.87. The number of rotatable bonds is 8. The van der Waals surface area contributed by atoms with Gasteiger partial charge in [-0.25, -0.2) is 8.42 Å². The van der Waals surface area contributed by atoms with Crippen molar-refractivity contribution in [3.63, 3.8) is 0 Å². The van der Waals surface area contributed by atoms with Crippen molar-refractivity contribution < 1.29 is 22.4 Å². The lowest BCUT2D eigenvalue weighted by Crippen LogP contribution is -2.44. The zero-order valence-electron chi connectivity index (χ0n) is 16.0. The summed E-state index contributed by atoms with van der Waals surface area (Å²) in [5.41, 5.74) is 0. The number of carbonyl (C=O) groups excluding carboxylic acids is 1. The van der Waals surface area contributed by atoms with Gasteiger partial charge in [0.25, 0.3) is 0 Å². The smallest absolute Gasteiger partial charge is 0.243 e. The highest BCUT2D eigenvalue weighted by Gasteiger charge is 2.30. The minimum absolute atomic E-state index is 0.00211. The molecule has 0 unspecified atom stereocenters. The highest BCUT2D eigenvalue weighted by molar-refractivity contribution is 7.89. The van der Waals surface area contributed by atoms with Crippen LogP contribution in [0.25, 0.3) is 0 Å². The van der Waals surface area contributed by atoms with Gasteiger partial charge in [-0.1, -0.05) is 0 Å². The van der Waals surface area contributed by atoms with Crippen LogP contribution in [0.3, 0.4) is 0 Å². The Kier molecular flexibility index (Phi) is 6.74. The van der Waals surface area contributed by atoms with Crippen LogP contribution in [0.5, 0.6) is 5.75 Å². The van der Waals surface area contributed by atoms with Crippen molar-refractivity contribution in [2.24, 2.45) is 0 Å². The second-order valence-corrected chi connectivity index (χ2v) is 8.64. The van der Waals surface area contributed by atoms with Gasteiger partial charge in [0.05, 0.1) is 30.9 Å². The van der Waals surface area contributed by atoms with Gasteiger partial charge in [-0.2, -0.15) is 4.31 Å². The molecule has 1 aromatic carbocycles. The molecule has 8 heteroatoms. The lowest BCUT2D eigenvalue weighted by Gasteiger charge is -2.29. The van der Waals surface area contributed by atoms with Crippen LogP contribution in [0.1, 0.15) is 31.9 Å². The predicted molar refractivity (Wildman–Crippen MR) is 104 cm³/mol. The molecule has 1 aliphatic rings. The molecule has 1 saturated heterocycles. The second-order valence-electron chi connectivity index (χ2n) is 6.70. The Morgan fingerprint density at radius 1 is 1.14 bits per heavy atom. The van der Waals surface area contributed by atoms with Crippen molar-refractivity contribution in [1.82, 2.24) is 9.21 Å². The summed E-state index contributed by atoms with van der Waals surface area (Å²) < 4.78 is 38.3. The number of furan rings is 1. The summed E-state index contributed by atoms with van der Waals surface area (Å²) in [5.74, 6) is 0.908. The van der Waals surface area contributed by atoms with E-state index in [0.717, 1.165) is 19.3 Å². The molecule has 28 heavy (non-hydrogen) atoms. The van der Waals surface area contributed by atoms with Crippen LogP contribution in [-0.2, 0) is 21.4 Å². The van der Waals surface area contributed by atoms with Gasteiger partial charge in [-0.3, -0.25) is 4.79 Å². The number of sulfonamides is 1. The number of carbonyl (C=O) groups is 1. The predicted octanol–water partition coefficient (Wildman–Crippen LogP) is 2.88. The van der Waals surface area contributed by atoms with Crippen LogP contribution in [0.2, 0.25) is 0 Å². The third-order valence-electron chi connectivity index (χ3n) is 4.71. The van der Waals surface area contributed by atoms with Gasteiger partial charge in [0.1, 0.15) is 11.5 Å². The Labute approximate surface area is 165 Å². The molecule has 7 nitrogen and oxygen atoms in total. The normalized spacial score (nSPS) is 15.0. The van der Waals surface area contributed by atoms with Crippen molar-refractivity contribution in [2.45, 2.75) is 37.6 Å². The van der Waals surface area contributed by atoms with E-state index in [0.29, 0.717) is 31.2 Å². The third-order valence-corrected chi connectivity index (χ3v) is 6.51. The average molecular weight is 407 g/mol. The summed E-state index contributed by atoms with van der Waals surface area (Å²) in [6, 6.07) is 9.64. The maximum absolute atomic E-state index is 13.2. The molecule has 3 rings (SSSR count). The Hall–Kier alpha value is -2.32. The maximum Gasteiger partial charge on any atom is 0.243 e.